The third kappa shape index (κ3) is 1.31. The van der Waals surface area contributed by atoms with Crippen molar-refractivity contribution in [1.29, 1.82) is 0 Å². The Balaban J connectivity index is 2.45. The molecule has 0 atom stereocenters. The van der Waals surface area contributed by atoms with E-state index in [9.17, 15) is 0 Å². The largest absolute Gasteiger partial charge is 0.455 e. The van der Waals surface area contributed by atoms with Gasteiger partial charge in [0.15, 0.2) is 0 Å². The average Bonchev–Trinajstić information content (AvgIpc) is 2.65. The van der Waals surface area contributed by atoms with Gasteiger partial charge in [-0.25, -0.2) is 0 Å². The highest BCUT2D eigenvalue weighted by Gasteiger charge is 2.20. The molecule has 0 unspecified atom stereocenters. The number of nitrogens with two attached hydrogens (primary N) is 1. The van der Waals surface area contributed by atoms with Crippen LogP contribution in [-0.4, -0.2) is 0 Å². The Labute approximate surface area is 83.1 Å². The van der Waals surface area contributed by atoms with Gasteiger partial charge in [0.1, 0.15) is 12.5 Å². The first-order valence-corrected chi connectivity index (χ1v) is 4.51. The van der Waals surface area contributed by atoms with Crippen LogP contribution < -0.4 is 5.73 Å². The van der Waals surface area contributed by atoms with Gasteiger partial charge >= 0.3 is 0 Å². The topological polar surface area (TPSA) is 44.5 Å². The molecule has 0 saturated heterocycles. The molecule has 0 saturated carbocycles. The highest BCUT2D eigenvalue weighted by Crippen LogP contribution is 2.31. The van der Waals surface area contributed by atoms with E-state index in [2.05, 4.69) is 0 Å². The predicted octanol–water partition coefficient (Wildman–Crippen LogP) is 2.40. The Morgan fingerprint density at radius 1 is 1.14 bits per heavy atom. The molecule has 74 valence electrons. The molecule has 0 aliphatic carbocycles. The molecule has 0 fully saturated rings. The molecular formula is C11H13NO2. The van der Waals surface area contributed by atoms with Crippen molar-refractivity contribution in [2.24, 2.45) is 0 Å². The predicted molar refractivity (Wildman–Crippen MR) is 54.4 cm³/mol. The van der Waals surface area contributed by atoms with Crippen LogP contribution in [0.5, 0.6) is 0 Å². The molecule has 2 rings (SSSR count). The van der Waals surface area contributed by atoms with E-state index in [4.69, 9.17) is 15.2 Å². The van der Waals surface area contributed by atoms with Crippen LogP contribution in [0, 0.1) is 13.8 Å². The zero-order valence-electron chi connectivity index (χ0n) is 8.28. The Morgan fingerprint density at radius 2 is 1.79 bits per heavy atom. The molecule has 0 spiro atoms. The Kier molecular flexibility index (Phi) is 2.08. The monoisotopic (exact) mass is 191 g/mol. The lowest BCUT2D eigenvalue weighted by atomic mass is 10.0. The van der Waals surface area contributed by atoms with Crippen molar-refractivity contribution < 1.29 is 9.47 Å². The fourth-order valence-electron chi connectivity index (χ4n) is 1.62. The van der Waals surface area contributed by atoms with Crippen LogP contribution in [0.3, 0.4) is 0 Å². The van der Waals surface area contributed by atoms with Crippen molar-refractivity contribution in [3.05, 3.63) is 41.3 Å². The third-order valence-corrected chi connectivity index (χ3v) is 2.47. The van der Waals surface area contributed by atoms with Crippen LogP contribution in [0.15, 0.2) is 24.7 Å². The number of aryl methyl sites for hydroxylation is 1. The van der Waals surface area contributed by atoms with Crippen molar-refractivity contribution >= 4 is 5.69 Å². The van der Waals surface area contributed by atoms with E-state index in [1.807, 2.05) is 26.0 Å². The minimum atomic E-state index is -0.335. The van der Waals surface area contributed by atoms with E-state index in [1.54, 1.807) is 12.5 Å². The Hall–Kier alpha value is -1.64. The third-order valence-electron chi connectivity index (χ3n) is 2.47. The fourth-order valence-corrected chi connectivity index (χ4v) is 1.62. The summed E-state index contributed by atoms with van der Waals surface area (Å²) >= 11 is 0. The molecule has 3 heteroatoms. The van der Waals surface area contributed by atoms with Crippen molar-refractivity contribution in [2.75, 3.05) is 5.73 Å². The second kappa shape index (κ2) is 3.25. The van der Waals surface area contributed by atoms with Crippen molar-refractivity contribution in [2.45, 2.75) is 20.1 Å². The maximum absolute atomic E-state index is 5.83. The van der Waals surface area contributed by atoms with Crippen molar-refractivity contribution in [1.82, 2.24) is 0 Å². The number of ether oxygens (including phenoxy) is 2. The minimum Gasteiger partial charge on any atom is -0.455 e. The maximum atomic E-state index is 5.83. The second-order valence-electron chi connectivity index (χ2n) is 3.39. The molecule has 1 aliphatic heterocycles. The summed E-state index contributed by atoms with van der Waals surface area (Å²) in [6.45, 7) is 4.00. The zero-order valence-corrected chi connectivity index (χ0v) is 8.28. The fraction of sp³-hybridized carbons (Fsp3) is 0.273. The smallest absolute Gasteiger partial charge is 0.266 e. The van der Waals surface area contributed by atoms with Gasteiger partial charge in [0.2, 0.25) is 0 Å². The summed E-state index contributed by atoms with van der Waals surface area (Å²) in [4.78, 5) is 0. The zero-order chi connectivity index (χ0) is 10.1. The van der Waals surface area contributed by atoms with E-state index in [1.165, 1.54) is 0 Å². The van der Waals surface area contributed by atoms with Gasteiger partial charge in [-0.1, -0.05) is 6.07 Å². The molecular weight excluding hydrogens is 178 g/mol. The first-order valence-electron chi connectivity index (χ1n) is 4.51. The molecule has 1 aromatic carbocycles. The molecule has 3 nitrogen and oxygen atoms in total. The lowest BCUT2D eigenvalue weighted by Gasteiger charge is -2.17. The molecule has 0 bridgehead atoms. The number of anilines is 1. The normalized spacial score (nSPS) is 15.3. The van der Waals surface area contributed by atoms with Gasteiger partial charge in [0.05, 0.1) is 0 Å². The first kappa shape index (κ1) is 8.94. The van der Waals surface area contributed by atoms with E-state index >= 15 is 0 Å². The van der Waals surface area contributed by atoms with Crippen LogP contribution in [0.2, 0.25) is 0 Å². The van der Waals surface area contributed by atoms with Gasteiger partial charge < -0.3 is 15.2 Å². The number of rotatable bonds is 1. The van der Waals surface area contributed by atoms with E-state index in [-0.39, 0.29) is 6.29 Å². The number of benzene rings is 1. The summed E-state index contributed by atoms with van der Waals surface area (Å²) < 4.78 is 10.6. The lowest BCUT2D eigenvalue weighted by Crippen LogP contribution is -2.05. The average molecular weight is 191 g/mol. The van der Waals surface area contributed by atoms with Gasteiger partial charge in [-0.2, -0.15) is 0 Å². The number of hydrogen-bond acceptors (Lipinski definition) is 3. The van der Waals surface area contributed by atoms with Gasteiger partial charge in [0.25, 0.3) is 6.29 Å². The molecule has 14 heavy (non-hydrogen) atoms. The maximum Gasteiger partial charge on any atom is 0.266 e. The summed E-state index contributed by atoms with van der Waals surface area (Å²) in [5.74, 6) is 0. The molecule has 0 amide bonds. The summed E-state index contributed by atoms with van der Waals surface area (Å²) in [5.41, 5.74) is 9.77. The number of hydrogen-bond donors (Lipinski definition) is 1. The highest BCUT2D eigenvalue weighted by molar-refractivity contribution is 5.53. The van der Waals surface area contributed by atoms with E-state index < -0.39 is 0 Å². The summed E-state index contributed by atoms with van der Waals surface area (Å²) in [6, 6.07) is 3.87. The molecule has 2 N–H and O–H groups in total. The highest BCUT2D eigenvalue weighted by atomic mass is 16.7. The van der Waals surface area contributed by atoms with Crippen LogP contribution >= 0.6 is 0 Å². The Morgan fingerprint density at radius 3 is 2.43 bits per heavy atom. The second-order valence-corrected chi connectivity index (χ2v) is 3.39. The number of nitrogen functional groups attached to an aromatic ring is 1. The Bertz CT molecular complexity index is 377. The van der Waals surface area contributed by atoms with Crippen LogP contribution in [-0.2, 0) is 9.47 Å². The minimum absolute atomic E-state index is 0.335. The molecule has 0 aromatic heterocycles. The summed E-state index contributed by atoms with van der Waals surface area (Å²) in [7, 11) is 0. The first-order chi connectivity index (χ1) is 6.70. The molecule has 0 radical (unpaired) electrons. The van der Waals surface area contributed by atoms with Gasteiger partial charge in [-0.05, 0) is 31.0 Å². The summed E-state index contributed by atoms with van der Waals surface area (Å²) in [6.07, 6.45) is 2.76. The van der Waals surface area contributed by atoms with E-state index in [0.29, 0.717) is 0 Å². The molecule has 1 heterocycles. The van der Waals surface area contributed by atoms with Crippen LogP contribution in [0.1, 0.15) is 23.0 Å². The van der Waals surface area contributed by atoms with Crippen LogP contribution in [0.25, 0.3) is 0 Å². The molecule has 1 aliphatic rings. The standard InChI is InChI=1S/C11H13NO2/c1-7-3-4-9(12)8(2)10(7)11-13-5-6-14-11/h3-6,11H,12H2,1-2H3. The lowest BCUT2D eigenvalue weighted by molar-refractivity contribution is -0.0254. The van der Waals surface area contributed by atoms with Gasteiger partial charge in [-0.3, -0.25) is 0 Å². The summed E-state index contributed by atoms with van der Waals surface area (Å²) in [5, 5.41) is 0. The quantitative estimate of drug-likeness (QED) is 0.693. The van der Waals surface area contributed by atoms with Crippen LogP contribution in [0.4, 0.5) is 5.69 Å². The SMILES string of the molecule is Cc1ccc(N)c(C)c1C1OC=CO1. The van der Waals surface area contributed by atoms with E-state index in [0.717, 1.165) is 22.4 Å². The van der Waals surface area contributed by atoms with Crippen molar-refractivity contribution in [3.8, 4) is 0 Å². The van der Waals surface area contributed by atoms with Gasteiger partial charge in [-0.15, -0.1) is 0 Å². The molecule has 1 aromatic rings. The van der Waals surface area contributed by atoms with Gasteiger partial charge in [0, 0.05) is 11.3 Å². The van der Waals surface area contributed by atoms with Crippen molar-refractivity contribution in [3.63, 3.8) is 0 Å².